The molecule has 110 valence electrons. The Hall–Kier alpha value is -1.62. The molecule has 5 heteroatoms. The number of nitrogen functional groups attached to an aromatic ring is 1. The van der Waals surface area contributed by atoms with Crippen molar-refractivity contribution in [2.24, 2.45) is 0 Å². The summed E-state index contributed by atoms with van der Waals surface area (Å²) < 4.78 is 14.1. The Bertz CT molecular complexity index is 518. The molecule has 0 aromatic heterocycles. The molecule has 0 saturated carbocycles. The fourth-order valence-electron chi connectivity index (χ4n) is 2.69. The van der Waals surface area contributed by atoms with E-state index in [2.05, 4.69) is 18.9 Å². The number of aryl methyl sites for hydroxylation is 1. The Morgan fingerprint density at radius 1 is 1.45 bits per heavy atom. The Kier molecular flexibility index (Phi) is 4.28. The van der Waals surface area contributed by atoms with Crippen molar-refractivity contribution in [3.05, 3.63) is 29.1 Å². The van der Waals surface area contributed by atoms with Gasteiger partial charge in [-0.1, -0.05) is 6.92 Å². The molecule has 1 aliphatic rings. The van der Waals surface area contributed by atoms with Crippen molar-refractivity contribution < 1.29 is 9.18 Å². The molecule has 20 heavy (non-hydrogen) atoms. The molecule has 1 aromatic carbocycles. The number of carbonyl (C=O) groups excluding carboxylic acids is 1. The largest absolute Gasteiger partial charge is 0.399 e. The number of benzene rings is 1. The number of hydrogen-bond acceptors (Lipinski definition) is 3. The average Bonchev–Trinajstić information content (AvgIpc) is 2.42. The quantitative estimate of drug-likeness (QED) is 0.841. The fourth-order valence-corrected chi connectivity index (χ4v) is 2.69. The van der Waals surface area contributed by atoms with Gasteiger partial charge in [0.25, 0.3) is 5.91 Å². The normalized spacial score (nSPS) is 20.2. The highest BCUT2D eigenvalue weighted by atomic mass is 19.1. The molecular weight excluding hydrogens is 257 g/mol. The van der Waals surface area contributed by atoms with Gasteiger partial charge < -0.3 is 10.6 Å². The zero-order chi connectivity index (χ0) is 14.9. The highest BCUT2D eigenvalue weighted by Crippen LogP contribution is 2.20. The second-order valence-electron chi connectivity index (χ2n) is 5.49. The summed E-state index contributed by atoms with van der Waals surface area (Å²) in [4.78, 5) is 16.5. The highest BCUT2D eigenvalue weighted by Gasteiger charge is 2.28. The molecule has 4 nitrogen and oxygen atoms in total. The van der Waals surface area contributed by atoms with Gasteiger partial charge in [-0.3, -0.25) is 9.69 Å². The maximum Gasteiger partial charge on any atom is 0.257 e. The van der Waals surface area contributed by atoms with Crippen LogP contribution in [0, 0.1) is 12.7 Å². The minimum absolute atomic E-state index is 0.0851. The van der Waals surface area contributed by atoms with E-state index in [-0.39, 0.29) is 11.5 Å². The first kappa shape index (κ1) is 14.8. The molecule has 1 saturated heterocycles. The predicted octanol–water partition coefficient (Wildman–Crippen LogP) is 1.88. The topological polar surface area (TPSA) is 49.6 Å². The number of piperazine rings is 1. The van der Waals surface area contributed by atoms with Crippen LogP contribution in [-0.2, 0) is 0 Å². The lowest BCUT2D eigenvalue weighted by Crippen LogP contribution is -2.53. The number of nitrogens with two attached hydrogens (primary N) is 1. The van der Waals surface area contributed by atoms with Crippen molar-refractivity contribution in [3.63, 3.8) is 0 Å². The van der Waals surface area contributed by atoms with Crippen LogP contribution in [0.3, 0.4) is 0 Å². The number of nitrogens with zero attached hydrogens (tertiary/aromatic N) is 2. The van der Waals surface area contributed by atoms with E-state index in [4.69, 9.17) is 5.73 Å². The van der Waals surface area contributed by atoms with Crippen LogP contribution < -0.4 is 5.73 Å². The zero-order valence-corrected chi connectivity index (χ0v) is 12.3. The Morgan fingerprint density at radius 3 is 2.80 bits per heavy atom. The molecule has 2 rings (SSSR count). The zero-order valence-electron chi connectivity index (χ0n) is 12.3. The summed E-state index contributed by atoms with van der Waals surface area (Å²) in [6.07, 6.45) is 0.971. The molecule has 1 fully saturated rings. The van der Waals surface area contributed by atoms with Gasteiger partial charge in [-0.15, -0.1) is 0 Å². The van der Waals surface area contributed by atoms with E-state index >= 15 is 0 Å². The van der Waals surface area contributed by atoms with E-state index < -0.39 is 5.82 Å². The summed E-state index contributed by atoms with van der Waals surface area (Å²) in [6.45, 7) is 5.80. The molecule has 1 aliphatic heterocycles. The third kappa shape index (κ3) is 2.77. The van der Waals surface area contributed by atoms with Gasteiger partial charge in [0.15, 0.2) is 0 Å². The van der Waals surface area contributed by atoms with E-state index in [0.717, 1.165) is 13.0 Å². The molecular formula is C15H22FN3O. The van der Waals surface area contributed by atoms with Crippen LogP contribution in [0.25, 0.3) is 0 Å². The second kappa shape index (κ2) is 5.79. The third-order valence-electron chi connectivity index (χ3n) is 4.04. The summed E-state index contributed by atoms with van der Waals surface area (Å²) in [5.41, 5.74) is 6.65. The highest BCUT2D eigenvalue weighted by molar-refractivity contribution is 5.95. The molecule has 1 aromatic rings. The summed E-state index contributed by atoms with van der Waals surface area (Å²) in [6, 6.07) is 3.31. The standard InChI is InChI=1S/C15H22FN3O/c1-4-12-9-19(6-5-18(12)3)15(20)13-8-11(17)7-10(2)14(13)16/h7-8,12H,4-6,9,17H2,1-3H3. The summed E-state index contributed by atoms with van der Waals surface area (Å²) in [5, 5.41) is 0. The van der Waals surface area contributed by atoms with E-state index in [0.29, 0.717) is 30.4 Å². The molecule has 0 spiro atoms. The number of anilines is 1. The lowest BCUT2D eigenvalue weighted by molar-refractivity contribution is 0.0537. The lowest BCUT2D eigenvalue weighted by Gasteiger charge is -2.39. The molecule has 1 amide bonds. The van der Waals surface area contributed by atoms with Gasteiger partial charge in [0, 0.05) is 31.4 Å². The van der Waals surface area contributed by atoms with Crippen LogP contribution in [0.5, 0.6) is 0 Å². The first-order chi connectivity index (χ1) is 9.43. The van der Waals surface area contributed by atoms with E-state index in [1.165, 1.54) is 6.07 Å². The fraction of sp³-hybridized carbons (Fsp3) is 0.533. The molecule has 1 heterocycles. The van der Waals surface area contributed by atoms with E-state index in [1.54, 1.807) is 17.9 Å². The first-order valence-corrected chi connectivity index (χ1v) is 6.99. The number of amides is 1. The monoisotopic (exact) mass is 279 g/mol. The van der Waals surface area contributed by atoms with Crippen LogP contribution in [0.15, 0.2) is 12.1 Å². The van der Waals surface area contributed by atoms with Crippen molar-refractivity contribution >= 4 is 11.6 Å². The van der Waals surface area contributed by atoms with Gasteiger partial charge >= 0.3 is 0 Å². The summed E-state index contributed by atoms with van der Waals surface area (Å²) in [7, 11) is 2.06. The average molecular weight is 279 g/mol. The molecule has 1 atom stereocenters. The van der Waals surface area contributed by atoms with Gasteiger partial charge in [-0.05, 0) is 38.1 Å². The van der Waals surface area contributed by atoms with Gasteiger partial charge in [-0.2, -0.15) is 0 Å². The van der Waals surface area contributed by atoms with Crippen LogP contribution in [0.1, 0.15) is 29.3 Å². The van der Waals surface area contributed by atoms with Crippen molar-refractivity contribution in [2.75, 3.05) is 32.4 Å². The number of likely N-dealkylation sites (N-methyl/N-ethyl adjacent to an activating group) is 1. The van der Waals surface area contributed by atoms with Gasteiger partial charge in [-0.25, -0.2) is 4.39 Å². The number of carbonyl (C=O) groups is 1. The minimum Gasteiger partial charge on any atom is -0.399 e. The Balaban J connectivity index is 2.24. The predicted molar refractivity (Wildman–Crippen MR) is 78.2 cm³/mol. The minimum atomic E-state index is -0.462. The van der Waals surface area contributed by atoms with Crippen LogP contribution in [0.4, 0.5) is 10.1 Å². The maximum atomic E-state index is 14.1. The van der Waals surface area contributed by atoms with E-state index in [1.807, 2.05) is 0 Å². The Morgan fingerprint density at radius 2 is 2.15 bits per heavy atom. The molecule has 0 aliphatic carbocycles. The maximum absolute atomic E-state index is 14.1. The van der Waals surface area contributed by atoms with Gasteiger partial charge in [0.2, 0.25) is 0 Å². The van der Waals surface area contributed by atoms with Crippen molar-refractivity contribution in [1.82, 2.24) is 9.80 Å². The van der Waals surface area contributed by atoms with Crippen LogP contribution >= 0.6 is 0 Å². The lowest BCUT2D eigenvalue weighted by atomic mass is 10.1. The molecule has 2 N–H and O–H groups in total. The van der Waals surface area contributed by atoms with Gasteiger partial charge in [0.1, 0.15) is 5.82 Å². The molecule has 0 bridgehead atoms. The van der Waals surface area contributed by atoms with Crippen LogP contribution in [0.2, 0.25) is 0 Å². The molecule has 0 radical (unpaired) electrons. The first-order valence-electron chi connectivity index (χ1n) is 6.99. The SMILES string of the molecule is CCC1CN(C(=O)c2cc(N)cc(C)c2F)CCN1C. The van der Waals surface area contributed by atoms with Crippen molar-refractivity contribution in [2.45, 2.75) is 26.3 Å². The molecule has 1 unspecified atom stereocenters. The second-order valence-corrected chi connectivity index (χ2v) is 5.49. The third-order valence-corrected chi connectivity index (χ3v) is 4.04. The summed E-state index contributed by atoms with van der Waals surface area (Å²) in [5.74, 6) is -0.722. The van der Waals surface area contributed by atoms with E-state index in [9.17, 15) is 9.18 Å². The smallest absolute Gasteiger partial charge is 0.257 e. The number of rotatable bonds is 2. The van der Waals surface area contributed by atoms with Gasteiger partial charge in [0.05, 0.1) is 5.56 Å². The van der Waals surface area contributed by atoms with Crippen LogP contribution in [-0.4, -0.2) is 48.4 Å². The Labute approximate surface area is 119 Å². The van der Waals surface area contributed by atoms with Crippen molar-refractivity contribution in [1.29, 1.82) is 0 Å². The number of hydrogen-bond donors (Lipinski definition) is 1. The van der Waals surface area contributed by atoms with Crippen molar-refractivity contribution in [3.8, 4) is 0 Å². The number of halogens is 1. The summed E-state index contributed by atoms with van der Waals surface area (Å²) >= 11 is 0.